The van der Waals surface area contributed by atoms with E-state index in [1.165, 1.54) is 7.11 Å². The lowest BCUT2D eigenvalue weighted by Gasteiger charge is -2.24. The van der Waals surface area contributed by atoms with Crippen molar-refractivity contribution in [1.82, 2.24) is 0 Å². The zero-order valence-corrected chi connectivity index (χ0v) is 11.6. The number of nitrogens with two attached hydrogens (primary N) is 1. The van der Waals surface area contributed by atoms with Gasteiger partial charge in [0.05, 0.1) is 26.2 Å². The van der Waals surface area contributed by atoms with Gasteiger partial charge in [-0.3, -0.25) is 4.79 Å². The van der Waals surface area contributed by atoms with Crippen LogP contribution in [0.4, 0.5) is 0 Å². The van der Waals surface area contributed by atoms with E-state index in [0.29, 0.717) is 13.0 Å². The summed E-state index contributed by atoms with van der Waals surface area (Å²) in [6.45, 7) is 2.40. The van der Waals surface area contributed by atoms with E-state index in [1.807, 2.05) is 24.3 Å². The van der Waals surface area contributed by atoms with E-state index in [1.54, 1.807) is 14.0 Å². The first kappa shape index (κ1) is 15.3. The van der Waals surface area contributed by atoms with Gasteiger partial charge in [-0.2, -0.15) is 0 Å². The molecule has 0 heterocycles. The molecule has 5 heteroatoms. The number of benzene rings is 1. The van der Waals surface area contributed by atoms with E-state index in [9.17, 15) is 4.79 Å². The maximum absolute atomic E-state index is 11.6. The SMILES string of the molecule is COC(=O)C(C)(CN)CCOc1ccc(OC)cc1. The van der Waals surface area contributed by atoms with Gasteiger partial charge in [0, 0.05) is 6.54 Å². The number of hydrogen-bond donors (Lipinski definition) is 1. The van der Waals surface area contributed by atoms with Crippen molar-refractivity contribution in [3.05, 3.63) is 24.3 Å². The van der Waals surface area contributed by atoms with Crippen LogP contribution in [-0.4, -0.2) is 33.3 Å². The second kappa shape index (κ2) is 6.99. The number of carbonyl (C=O) groups excluding carboxylic acids is 1. The molecule has 0 saturated heterocycles. The van der Waals surface area contributed by atoms with Crippen LogP contribution in [0.1, 0.15) is 13.3 Å². The summed E-state index contributed by atoms with van der Waals surface area (Å²) >= 11 is 0. The normalized spacial score (nSPS) is 13.5. The van der Waals surface area contributed by atoms with Crippen molar-refractivity contribution in [3.8, 4) is 11.5 Å². The first-order valence-corrected chi connectivity index (χ1v) is 6.11. The molecular formula is C14H21NO4. The fourth-order valence-electron chi connectivity index (χ4n) is 1.60. The number of rotatable bonds is 7. The van der Waals surface area contributed by atoms with Gasteiger partial charge in [0.25, 0.3) is 0 Å². The van der Waals surface area contributed by atoms with E-state index in [4.69, 9.17) is 19.9 Å². The van der Waals surface area contributed by atoms with Crippen LogP contribution in [0.3, 0.4) is 0 Å². The molecule has 0 amide bonds. The molecule has 0 fully saturated rings. The summed E-state index contributed by atoms with van der Waals surface area (Å²) in [6, 6.07) is 7.27. The summed E-state index contributed by atoms with van der Waals surface area (Å²) in [5.74, 6) is 1.19. The highest BCUT2D eigenvalue weighted by molar-refractivity contribution is 5.76. The summed E-state index contributed by atoms with van der Waals surface area (Å²) < 4.78 is 15.4. The van der Waals surface area contributed by atoms with Gasteiger partial charge >= 0.3 is 5.97 Å². The Hall–Kier alpha value is -1.75. The van der Waals surface area contributed by atoms with Gasteiger partial charge in [0.2, 0.25) is 0 Å². The summed E-state index contributed by atoms with van der Waals surface area (Å²) in [7, 11) is 2.97. The van der Waals surface area contributed by atoms with Crippen LogP contribution in [0.5, 0.6) is 11.5 Å². The molecule has 1 unspecified atom stereocenters. The lowest BCUT2D eigenvalue weighted by atomic mass is 9.87. The fourth-order valence-corrected chi connectivity index (χ4v) is 1.60. The van der Waals surface area contributed by atoms with Crippen molar-refractivity contribution in [2.75, 3.05) is 27.4 Å². The zero-order chi connectivity index (χ0) is 14.3. The minimum Gasteiger partial charge on any atom is -0.497 e. The third-order valence-electron chi connectivity index (χ3n) is 3.11. The number of ether oxygens (including phenoxy) is 3. The molecule has 0 bridgehead atoms. The van der Waals surface area contributed by atoms with Crippen LogP contribution in [-0.2, 0) is 9.53 Å². The zero-order valence-electron chi connectivity index (χ0n) is 11.6. The molecule has 5 nitrogen and oxygen atoms in total. The highest BCUT2D eigenvalue weighted by atomic mass is 16.5. The van der Waals surface area contributed by atoms with E-state index in [2.05, 4.69) is 0 Å². The largest absolute Gasteiger partial charge is 0.497 e. The smallest absolute Gasteiger partial charge is 0.312 e. The number of methoxy groups -OCH3 is 2. The summed E-state index contributed by atoms with van der Waals surface area (Å²) in [5.41, 5.74) is 4.92. The van der Waals surface area contributed by atoms with Crippen molar-refractivity contribution in [2.45, 2.75) is 13.3 Å². The minimum atomic E-state index is -0.707. The van der Waals surface area contributed by atoms with Crippen molar-refractivity contribution in [3.63, 3.8) is 0 Å². The molecule has 0 aliphatic rings. The maximum atomic E-state index is 11.6. The summed E-state index contributed by atoms with van der Waals surface area (Å²) in [6.07, 6.45) is 0.502. The molecule has 1 aromatic rings. The Morgan fingerprint density at radius 2 is 1.79 bits per heavy atom. The number of esters is 1. The average Bonchev–Trinajstić information content (AvgIpc) is 2.46. The number of carbonyl (C=O) groups is 1. The van der Waals surface area contributed by atoms with Crippen LogP contribution in [0.2, 0.25) is 0 Å². The van der Waals surface area contributed by atoms with Crippen LogP contribution in [0, 0.1) is 5.41 Å². The fraction of sp³-hybridized carbons (Fsp3) is 0.500. The first-order chi connectivity index (χ1) is 9.05. The van der Waals surface area contributed by atoms with Crippen LogP contribution in [0.25, 0.3) is 0 Å². The van der Waals surface area contributed by atoms with Gasteiger partial charge in [-0.15, -0.1) is 0 Å². The minimum absolute atomic E-state index is 0.228. The Morgan fingerprint density at radius 1 is 1.21 bits per heavy atom. The van der Waals surface area contributed by atoms with Gasteiger partial charge in [-0.25, -0.2) is 0 Å². The van der Waals surface area contributed by atoms with E-state index in [0.717, 1.165) is 11.5 Å². The highest BCUT2D eigenvalue weighted by Gasteiger charge is 2.32. The second-order valence-electron chi connectivity index (χ2n) is 4.53. The molecule has 0 saturated carbocycles. The summed E-state index contributed by atoms with van der Waals surface area (Å²) in [4.78, 5) is 11.6. The molecule has 2 N–H and O–H groups in total. The van der Waals surface area contributed by atoms with Crippen molar-refractivity contribution >= 4 is 5.97 Å². The quantitative estimate of drug-likeness (QED) is 0.760. The molecule has 1 atom stereocenters. The maximum Gasteiger partial charge on any atom is 0.312 e. The lowest BCUT2D eigenvalue weighted by Crippen LogP contribution is -2.38. The van der Waals surface area contributed by atoms with Gasteiger partial charge in [0.15, 0.2) is 0 Å². The van der Waals surface area contributed by atoms with Gasteiger partial charge in [-0.05, 0) is 37.6 Å². The molecule has 0 aliphatic heterocycles. The predicted octanol–water partition coefficient (Wildman–Crippen LogP) is 1.60. The van der Waals surface area contributed by atoms with Crippen LogP contribution >= 0.6 is 0 Å². The van der Waals surface area contributed by atoms with Gasteiger partial charge < -0.3 is 19.9 Å². The van der Waals surface area contributed by atoms with Crippen molar-refractivity contribution in [2.24, 2.45) is 11.1 Å². The standard InChI is InChI=1S/C14H21NO4/c1-14(10-15,13(16)18-3)8-9-19-12-6-4-11(17-2)5-7-12/h4-7H,8-10,15H2,1-3H3. The van der Waals surface area contributed by atoms with Crippen molar-refractivity contribution < 1.29 is 19.0 Å². The van der Waals surface area contributed by atoms with E-state index < -0.39 is 5.41 Å². The second-order valence-corrected chi connectivity index (χ2v) is 4.53. The Labute approximate surface area is 113 Å². The molecule has 1 aromatic carbocycles. The molecule has 0 aromatic heterocycles. The Kier molecular flexibility index (Phi) is 5.63. The number of hydrogen-bond acceptors (Lipinski definition) is 5. The highest BCUT2D eigenvalue weighted by Crippen LogP contribution is 2.23. The van der Waals surface area contributed by atoms with Gasteiger partial charge in [0.1, 0.15) is 11.5 Å². The Bertz CT molecular complexity index is 404. The summed E-state index contributed by atoms with van der Waals surface area (Å²) in [5, 5.41) is 0. The molecule has 0 radical (unpaired) electrons. The molecule has 19 heavy (non-hydrogen) atoms. The molecule has 1 rings (SSSR count). The van der Waals surface area contributed by atoms with Crippen LogP contribution < -0.4 is 15.2 Å². The van der Waals surface area contributed by atoms with E-state index in [-0.39, 0.29) is 12.5 Å². The monoisotopic (exact) mass is 267 g/mol. The third-order valence-corrected chi connectivity index (χ3v) is 3.11. The molecule has 0 spiro atoms. The van der Waals surface area contributed by atoms with Gasteiger partial charge in [-0.1, -0.05) is 0 Å². The molecular weight excluding hydrogens is 246 g/mol. The average molecular weight is 267 g/mol. The topological polar surface area (TPSA) is 70.8 Å². The van der Waals surface area contributed by atoms with E-state index >= 15 is 0 Å². The Morgan fingerprint density at radius 3 is 2.26 bits per heavy atom. The molecule has 106 valence electrons. The van der Waals surface area contributed by atoms with Crippen molar-refractivity contribution in [1.29, 1.82) is 0 Å². The Balaban J connectivity index is 2.50. The lowest BCUT2D eigenvalue weighted by molar-refractivity contribution is -0.151. The third kappa shape index (κ3) is 4.13. The first-order valence-electron chi connectivity index (χ1n) is 6.11. The predicted molar refractivity (Wildman–Crippen MR) is 72.3 cm³/mol. The molecule has 0 aliphatic carbocycles. The van der Waals surface area contributed by atoms with Crippen LogP contribution in [0.15, 0.2) is 24.3 Å².